The molecule has 0 unspecified atom stereocenters. The van der Waals surface area contributed by atoms with Crippen LogP contribution in [0.25, 0.3) is 0 Å². The van der Waals surface area contributed by atoms with Gasteiger partial charge in [0.05, 0.1) is 17.8 Å². The Kier molecular flexibility index (Phi) is 2.10. The number of carbonyl (C=O) groups excluding carboxylic acids is 2. The molecule has 0 aromatic rings. The third kappa shape index (κ3) is 1.35. The summed E-state index contributed by atoms with van der Waals surface area (Å²) < 4.78 is 4.48. The van der Waals surface area contributed by atoms with Gasteiger partial charge in [0.15, 0.2) is 0 Å². The van der Waals surface area contributed by atoms with Crippen LogP contribution in [0.2, 0.25) is 0 Å². The molecule has 1 heterocycles. The zero-order valence-corrected chi connectivity index (χ0v) is 8.04. The molecule has 1 saturated heterocycles. The minimum absolute atomic E-state index is 0.149. The number of rotatable bonds is 1. The lowest BCUT2D eigenvalue weighted by Gasteiger charge is -2.25. The van der Waals surface area contributed by atoms with Crippen LogP contribution in [0.3, 0.4) is 0 Å². The van der Waals surface area contributed by atoms with Gasteiger partial charge in [-0.3, -0.25) is 14.4 Å². The maximum atomic E-state index is 11.3. The van der Waals surface area contributed by atoms with E-state index < -0.39 is 35.7 Å². The molecule has 0 aromatic carbocycles. The van der Waals surface area contributed by atoms with Crippen molar-refractivity contribution in [2.75, 3.05) is 0 Å². The first kappa shape index (κ1) is 9.89. The zero-order valence-electron chi connectivity index (χ0n) is 8.04. The van der Waals surface area contributed by atoms with Crippen LogP contribution in [0.4, 0.5) is 0 Å². The van der Waals surface area contributed by atoms with Gasteiger partial charge in [0, 0.05) is 0 Å². The molecule has 5 heteroatoms. The molecule has 1 aliphatic carbocycles. The van der Waals surface area contributed by atoms with E-state index in [2.05, 4.69) is 4.74 Å². The molecule has 0 radical (unpaired) electrons. The summed E-state index contributed by atoms with van der Waals surface area (Å²) in [5.41, 5.74) is 0. The SMILES string of the molecule is C[C@@H]1C=C[C@H](C(=O)O)[C@H]2C(=O)OC(=O)[C@H]21. The molecule has 0 spiro atoms. The minimum Gasteiger partial charge on any atom is -0.481 e. The summed E-state index contributed by atoms with van der Waals surface area (Å²) in [4.78, 5) is 33.6. The predicted molar refractivity (Wildman–Crippen MR) is 47.5 cm³/mol. The van der Waals surface area contributed by atoms with E-state index in [0.717, 1.165) is 0 Å². The summed E-state index contributed by atoms with van der Waals surface area (Å²) in [5, 5.41) is 8.91. The van der Waals surface area contributed by atoms with E-state index in [1.54, 1.807) is 13.0 Å². The lowest BCUT2D eigenvalue weighted by molar-refractivity contribution is -0.155. The third-order valence-electron chi connectivity index (χ3n) is 2.99. The highest BCUT2D eigenvalue weighted by atomic mass is 16.6. The Hall–Kier alpha value is -1.65. The number of fused-ring (bicyclic) bond motifs is 1. The first-order valence-electron chi connectivity index (χ1n) is 4.69. The number of allylic oxidation sites excluding steroid dienone is 1. The average molecular weight is 210 g/mol. The Morgan fingerprint density at radius 3 is 2.47 bits per heavy atom. The number of cyclic esters (lactones) is 2. The molecule has 0 aromatic heterocycles. The van der Waals surface area contributed by atoms with Gasteiger partial charge in [-0.05, 0) is 5.92 Å². The van der Waals surface area contributed by atoms with Crippen LogP contribution in [-0.4, -0.2) is 23.0 Å². The van der Waals surface area contributed by atoms with E-state index >= 15 is 0 Å². The Morgan fingerprint density at radius 1 is 1.27 bits per heavy atom. The van der Waals surface area contributed by atoms with Gasteiger partial charge >= 0.3 is 17.9 Å². The van der Waals surface area contributed by atoms with Crippen LogP contribution >= 0.6 is 0 Å². The van der Waals surface area contributed by atoms with Crippen molar-refractivity contribution >= 4 is 17.9 Å². The summed E-state index contributed by atoms with van der Waals surface area (Å²) in [6, 6.07) is 0. The quantitative estimate of drug-likeness (QED) is 0.380. The van der Waals surface area contributed by atoms with Crippen molar-refractivity contribution in [2.24, 2.45) is 23.7 Å². The molecule has 1 N–H and O–H groups in total. The molecule has 1 fully saturated rings. The van der Waals surface area contributed by atoms with Gasteiger partial charge in [0.2, 0.25) is 0 Å². The van der Waals surface area contributed by atoms with Crippen LogP contribution in [0.15, 0.2) is 12.2 Å². The predicted octanol–water partition coefficient (Wildman–Crippen LogP) is 0.209. The fourth-order valence-electron chi connectivity index (χ4n) is 2.21. The van der Waals surface area contributed by atoms with E-state index in [-0.39, 0.29) is 5.92 Å². The highest BCUT2D eigenvalue weighted by Crippen LogP contribution is 2.40. The second kappa shape index (κ2) is 3.18. The van der Waals surface area contributed by atoms with Gasteiger partial charge in [0.1, 0.15) is 0 Å². The van der Waals surface area contributed by atoms with Crippen LogP contribution in [0.1, 0.15) is 6.92 Å². The highest BCUT2D eigenvalue weighted by Gasteiger charge is 2.53. The molecule has 2 aliphatic rings. The molecule has 5 nitrogen and oxygen atoms in total. The largest absolute Gasteiger partial charge is 0.481 e. The van der Waals surface area contributed by atoms with Gasteiger partial charge in [-0.15, -0.1) is 0 Å². The maximum Gasteiger partial charge on any atom is 0.318 e. The highest BCUT2D eigenvalue weighted by molar-refractivity contribution is 5.99. The van der Waals surface area contributed by atoms with E-state index in [0.29, 0.717) is 0 Å². The van der Waals surface area contributed by atoms with Crippen molar-refractivity contribution in [2.45, 2.75) is 6.92 Å². The molecular weight excluding hydrogens is 200 g/mol. The fraction of sp³-hybridized carbons (Fsp3) is 0.500. The molecule has 15 heavy (non-hydrogen) atoms. The standard InChI is InChI=1S/C10H10O5/c1-4-2-3-5(8(11)12)7-6(4)9(13)15-10(7)14/h2-7H,1H3,(H,11,12)/t4-,5+,6+,7-/m1/s1. The Labute approximate surface area is 85.7 Å². The van der Waals surface area contributed by atoms with Crippen LogP contribution in [0, 0.1) is 23.7 Å². The van der Waals surface area contributed by atoms with Crippen LogP contribution in [-0.2, 0) is 19.1 Å². The molecule has 80 valence electrons. The number of esters is 2. The lowest BCUT2D eigenvalue weighted by atomic mass is 9.72. The van der Waals surface area contributed by atoms with Gasteiger partial charge in [0.25, 0.3) is 0 Å². The zero-order chi connectivity index (χ0) is 11.2. The van der Waals surface area contributed by atoms with Crippen molar-refractivity contribution in [1.82, 2.24) is 0 Å². The summed E-state index contributed by atoms with van der Waals surface area (Å²) in [7, 11) is 0. The van der Waals surface area contributed by atoms with E-state index in [1.165, 1.54) is 6.08 Å². The summed E-state index contributed by atoms with van der Waals surface area (Å²) in [6.45, 7) is 1.77. The normalized spacial score (nSPS) is 38.7. The van der Waals surface area contributed by atoms with Gasteiger partial charge in [-0.2, -0.15) is 0 Å². The van der Waals surface area contributed by atoms with Crippen LogP contribution in [0.5, 0.6) is 0 Å². The number of hydrogen-bond donors (Lipinski definition) is 1. The monoisotopic (exact) mass is 210 g/mol. The molecule has 2 rings (SSSR count). The van der Waals surface area contributed by atoms with Gasteiger partial charge < -0.3 is 9.84 Å². The maximum absolute atomic E-state index is 11.3. The van der Waals surface area contributed by atoms with Crippen molar-refractivity contribution < 1.29 is 24.2 Å². The molecule has 0 amide bonds. The van der Waals surface area contributed by atoms with Gasteiger partial charge in [-0.1, -0.05) is 19.1 Å². The second-order valence-electron chi connectivity index (χ2n) is 3.90. The Balaban J connectivity index is 2.41. The number of ether oxygens (including phenoxy) is 1. The first-order chi connectivity index (χ1) is 7.02. The van der Waals surface area contributed by atoms with Crippen molar-refractivity contribution in [3.63, 3.8) is 0 Å². The Bertz CT molecular complexity index is 370. The summed E-state index contributed by atoms with van der Waals surface area (Å²) in [5.74, 6) is -4.99. The lowest BCUT2D eigenvalue weighted by Crippen LogP contribution is -2.36. The topological polar surface area (TPSA) is 80.7 Å². The third-order valence-corrected chi connectivity index (χ3v) is 2.99. The average Bonchev–Trinajstić information content (AvgIpc) is 2.43. The second-order valence-corrected chi connectivity index (χ2v) is 3.90. The summed E-state index contributed by atoms with van der Waals surface area (Å²) in [6.07, 6.45) is 3.12. The van der Waals surface area contributed by atoms with Crippen LogP contribution < -0.4 is 0 Å². The molecule has 0 bridgehead atoms. The first-order valence-corrected chi connectivity index (χ1v) is 4.69. The number of carbonyl (C=O) groups is 3. The number of carboxylic acid groups (broad SMARTS) is 1. The molecule has 0 saturated carbocycles. The smallest absolute Gasteiger partial charge is 0.318 e. The van der Waals surface area contributed by atoms with Crippen molar-refractivity contribution in [3.8, 4) is 0 Å². The molecule has 1 aliphatic heterocycles. The van der Waals surface area contributed by atoms with E-state index in [1.807, 2.05) is 0 Å². The van der Waals surface area contributed by atoms with E-state index in [9.17, 15) is 14.4 Å². The molecular formula is C10H10O5. The Morgan fingerprint density at radius 2 is 1.87 bits per heavy atom. The van der Waals surface area contributed by atoms with Crippen molar-refractivity contribution in [1.29, 1.82) is 0 Å². The fourth-order valence-corrected chi connectivity index (χ4v) is 2.21. The minimum atomic E-state index is -1.10. The van der Waals surface area contributed by atoms with E-state index in [4.69, 9.17) is 5.11 Å². The number of hydrogen-bond acceptors (Lipinski definition) is 4. The van der Waals surface area contributed by atoms with Crippen molar-refractivity contribution in [3.05, 3.63) is 12.2 Å². The number of carboxylic acids is 1. The number of aliphatic carboxylic acids is 1. The summed E-state index contributed by atoms with van der Waals surface area (Å²) >= 11 is 0. The van der Waals surface area contributed by atoms with Gasteiger partial charge in [-0.25, -0.2) is 0 Å². The molecule has 4 atom stereocenters.